The number of thiophene rings is 1. The van der Waals surface area contributed by atoms with Gasteiger partial charge >= 0.3 is 0 Å². The van der Waals surface area contributed by atoms with Crippen LogP contribution in [0.3, 0.4) is 0 Å². The summed E-state index contributed by atoms with van der Waals surface area (Å²) >= 11 is 7.58. The highest BCUT2D eigenvalue weighted by Gasteiger charge is 2.16. The number of pyridine rings is 1. The van der Waals surface area contributed by atoms with Crippen LogP contribution in [0.2, 0.25) is 5.02 Å². The van der Waals surface area contributed by atoms with Crippen LogP contribution in [0.1, 0.15) is 26.5 Å². The first kappa shape index (κ1) is 17.7. The predicted molar refractivity (Wildman–Crippen MR) is 108 cm³/mol. The average molecular weight is 397 g/mol. The van der Waals surface area contributed by atoms with Crippen LogP contribution < -0.4 is 5.32 Å². The maximum absolute atomic E-state index is 12.8. The lowest BCUT2D eigenvalue weighted by Gasteiger charge is -2.08. The van der Waals surface area contributed by atoms with E-state index >= 15 is 0 Å². The summed E-state index contributed by atoms with van der Waals surface area (Å²) in [5.41, 5.74) is 3.08. The van der Waals surface area contributed by atoms with Crippen molar-refractivity contribution in [1.82, 2.24) is 20.1 Å². The second kappa shape index (κ2) is 7.50. The third-order valence-corrected chi connectivity index (χ3v) is 5.35. The molecule has 0 saturated heterocycles. The van der Waals surface area contributed by atoms with E-state index < -0.39 is 0 Å². The topological polar surface area (TPSA) is 59.8 Å². The molecule has 0 atom stereocenters. The molecule has 0 saturated carbocycles. The number of aryl methyl sites for hydroxylation is 1. The fourth-order valence-electron chi connectivity index (χ4n) is 2.91. The Labute approximate surface area is 165 Å². The molecule has 3 heterocycles. The number of hydrogen-bond donors (Lipinski definition) is 1. The summed E-state index contributed by atoms with van der Waals surface area (Å²) in [6.07, 6.45) is 1.71. The van der Waals surface area contributed by atoms with Crippen molar-refractivity contribution in [2.75, 3.05) is 0 Å². The molecule has 27 heavy (non-hydrogen) atoms. The zero-order chi connectivity index (χ0) is 18.8. The number of nitrogens with zero attached hydrogens (tertiary/aromatic N) is 3. The lowest BCUT2D eigenvalue weighted by molar-refractivity contribution is 0.0952. The second-order valence-corrected chi connectivity index (χ2v) is 7.71. The zero-order valence-corrected chi connectivity index (χ0v) is 16.2. The molecule has 0 radical (unpaired) electrons. The molecule has 1 aromatic carbocycles. The van der Waals surface area contributed by atoms with Crippen LogP contribution in [0.25, 0.3) is 11.0 Å². The van der Waals surface area contributed by atoms with Crippen LogP contribution in [0, 0.1) is 6.92 Å². The fraction of sp³-hybridized carbons (Fsp3) is 0.150. The molecule has 0 spiro atoms. The molecular weight excluding hydrogens is 380 g/mol. The van der Waals surface area contributed by atoms with E-state index in [9.17, 15) is 4.79 Å². The first-order chi connectivity index (χ1) is 13.1. The SMILES string of the molecule is Cc1cc(C(=O)NCc2ccc(Cl)cc2)c2cnn(Cc3cccs3)c2n1. The fourth-order valence-corrected chi connectivity index (χ4v) is 3.72. The number of fused-ring (bicyclic) bond motifs is 1. The third-order valence-electron chi connectivity index (χ3n) is 4.23. The molecule has 0 aliphatic carbocycles. The van der Waals surface area contributed by atoms with Crippen molar-refractivity contribution in [2.24, 2.45) is 0 Å². The summed E-state index contributed by atoms with van der Waals surface area (Å²) in [5.74, 6) is -0.142. The van der Waals surface area contributed by atoms with E-state index in [1.54, 1.807) is 23.6 Å². The van der Waals surface area contributed by atoms with E-state index in [4.69, 9.17) is 11.6 Å². The molecule has 7 heteroatoms. The van der Waals surface area contributed by atoms with Crippen LogP contribution in [0.5, 0.6) is 0 Å². The van der Waals surface area contributed by atoms with Gasteiger partial charge in [0.15, 0.2) is 5.65 Å². The van der Waals surface area contributed by atoms with Crippen molar-refractivity contribution in [1.29, 1.82) is 0 Å². The largest absolute Gasteiger partial charge is 0.348 e. The minimum absolute atomic E-state index is 0.142. The first-order valence-electron chi connectivity index (χ1n) is 8.48. The Morgan fingerprint density at radius 1 is 1.26 bits per heavy atom. The third kappa shape index (κ3) is 3.86. The van der Waals surface area contributed by atoms with Crippen molar-refractivity contribution in [3.05, 3.63) is 80.8 Å². The number of nitrogens with one attached hydrogen (secondary N) is 1. The molecule has 1 amide bonds. The second-order valence-electron chi connectivity index (χ2n) is 6.24. The predicted octanol–water partition coefficient (Wildman–Crippen LogP) is 4.43. The van der Waals surface area contributed by atoms with Crippen molar-refractivity contribution in [2.45, 2.75) is 20.0 Å². The molecule has 1 N–H and O–H groups in total. The van der Waals surface area contributed by atoms with Gasteiger partial charge in [-0.05, 0) is 42.1 Å². The van der Waals surface area contributed by atoms with Crippen LogP contribution in [-0.2, 0) is 13.1 Å². The zero-order valence-electron chi connectivity index (χ0n) is 14.6. The number of carbonyl (C=O) groups is 1. The molecule has 0 aliphatic heterocycles. The van der Waals surface area contributed by atoms with Crippen LogP contribution in [0.15, 0.2) is 54.0 Å². The van der Waals surface area contributed by atoms with E-state index in [0.29, 0.717) is 23.7 Å². The lowest BCUT2D eigenvalue weighted by Crippen LogP contribution is -2.23. The van der Waals surface area contributed by atoms with Crippen molar-refractivity contribution in [3.8, 4) is 0 Å². The van der Waals surface area contributed by atoms with E-state index in [1.807, 2.05) is 47.3 Å². The van der Waals surface area contributed by atoms with Gasteiger partial charge in [-0.25, -0.2) is 9.67 Å². The van der Waals surface area contributed by atoms with Gasteiger partial charge < -0.3 is 5.32 Å². The molecule has 0 fully saturated rings. The highest BCUT2D eigenvalue weighted by molar-refractivity contribution is 7.09. The monoisotopic (exact) mass is 396 g/mol. The van der Waals surface area contributed by atoms with Crippen molar-refractivity contribution in [3.63, 3.8) is 0 Å². The van der Waals surface area contributed by atoms with Crippen molar-refractivity contribution < 1.29 is 4.79 Å². The number of carbonyl (C=O) groups excluding carboxylic acids is 1. The number of amides is 1. The number of halogens is 1. The summed E-state index contributed by atoms with van der Waals surface area (Å²) in [4.78, 5) is 18.6. The number of rotatable bonds is 5. The molecule has 0 unspecified atom stereocenters. The van der Waals surface area contributed by atoms with Gasteiger partial charge in [0.1, 0.15) is 0 Å². The highest BCUT2D eigenvalue weighted by Crippen LogP contribution is 2.20. The van der Waals surface area contributed by atoms with Gasteiger partial charge in [0.25, 0.3) is 5.91 Å². The Morgan fingerprint density at radius 3 is 2.81 bits per heavy atom. The maximum atomic E-state index is 12.8. The highest BCUT2D eigenvalue weighted by atomic mass is 35.5. The molecule has 4 rings (SSSR count). The molecule has 0 bridgehead atoms. The van der Waals surface area contributed by atoms with Gasteiger partial charge in [-0.1, -0.05) is 29.8 Å². The molecule has 136 valence electrons. The number of aromatic nitrogens is 3. The Morgan fingerprint density at radius 2 is 2.07 bits per heavy atom. The molecule has 4 aromatic rings. The Balaban J connectivity index is 1.60. The number of hydrogen-bond acceptors (Lipinski definition) is 4. The molecule has 0 aliphatic rings. The van der Waals surface area contributed by atoms with Gasteiger partial charge in [0, 0.05) is 22.1 Å². The minimum Gasteiger partial charge on any atom is -0.348 e. The van der Waals surface area contributed by atoms with Gasteiger partial charge in [0.2, 0.25) is 0 Å². The Kier molecular flexibility index (Phi) is 4.92. The Hall–Kier alpha value is -2.70. The van der Waals surface area contributed by atoms with Crippen molar-refractivity contribution >= 4 is 39.9 Å². The summed E-state index contributed by atoms with van der Waals surface area (Å²) in [5, 5.41) is 10.9. The molecule has 5 nitrogen and oxygen atoms in total. The van der Waals surface area contributed by atoms with E-state index in [-0.39, 0.29) is 5.91 Å². The maximum Gasteiger partial charge on any atom is 0.252 e. The average Bonchev–Trinajstić information content (AvgIpc) is 3.31. The van der Waals surface area contributed by atoms with E-state index in [1.165, 1.54) is 4.88 Å². The molecular formula is C20H17ClN4OS. The summed E-state index contributed by atoms with van der Waals surface area (Å²) in [6.45, 7) is 2.96. The minimum atomic E-state index is -0.142. The summed E-state index contributed by atoms with van der Waals surface area (Å²) in [6, 6.07) is 13.3. The lowest BCUT2D eigenvalue weighted by atomic mass is 10.1. The Bertz CT molecular complexity index is 1090. The smallest absolute Gasteiger partial charge is 0.252 e. The van der Waals surface area contributed by atoms with Gasteiger partial charge in [0.05, 0.1) is 23.7 Å². The van der Waals surface area contributed by atoms with Crippen LogP contribution in [-0.4, -0.2) is 20.7 Å². The van der Waals surface area contributed by atoms with Crippen LogP contribution >= 0.6 is 22.9 Å². The number of benzene rings is 1. The van der Waals surface area contributed by atoms with E-state index in [0.717, 1.165) is 22.3 Å². The van der Waals surface area contributed by atoms with Gasteiger partial charge in [-0.15, -0.1) is 11.3 Å². The molecule has 3 aromatic heterocycles. The first-order valence-corrected chi connectivity index (χ1v) is 9.74. The van der Waals surface area contributed by atoms with E-state index in [2.05, 4.69) is 21.5 Å². The summed E-state index contributed by atoms with van der Waals surface area (Å²) in [7, 11) is 0. The van der Waals surface area contributed by atoms with Gasteiger partial charge in [-0.3, -0.25) is 4.79 Å². The normalized spacial score (nSPS) is 11.0. The quantitative estimate of drug-likeness (QED) is 0.542. The standard InChI is InChI=1S/C20H17ClN4OS/c1-13-9-17(20(26)22-10-14-4-6-15(21)7-5-14)18-11-23-25(19(18)24-13)12-16-3-2-8-27-16/h2-9,11H,10,12H2,1H3,(H,22,26). The van der Waals surface area contributed by atoms with Crippen LogP contribution in [0.4, 0.5) is 0 Å². The summed E-state index contributed by atoms with van der Waals surface area (Å²) < 4.78 is 1.84. The van der Waals surface area contributed by atoms with Gasteiger partial charge in [-0.2, -0.15) is 5.10 Å².